The Bertz CT molecular complexity index is 4140. The van der Waals surface area contributed by atoms with E-state index in [2.05, 4.69) is 268 Å². The van der Waals surface area contributed by atoms with Crippen LogP contribution in [0.1, 0.15) is 265 Å². The number of hydrogen-bond acceptors (Lipinski definition) is 6. The fourth-order valence-electron chi connectivity index (χ4n) is 15.5. The quantitative estimate of drug-likeness (QED) is 0.0759. The molecule has 0 radical (unpaired) electrons. The number of ether oxygens (including phenoxy) is 6. The van der Waals surface area contributed by atoms with Crippen molar-refractivity contribution in [1.82, 2.24) is 0 Å². The van der Waals surface area contributed by atoms with Crippen molar-refractivity contribution in [2.45, 2.75) is 295 Å². The number of rotatable bonds is 20. The standard InChI is InChI=1S/4C18H26O.2C16H22O/c1-13-8-11-18(16(4)15(13)3)7-5-6-17-10-9-14(2)19-12-17;1-13-8-11-18(19-12-13)7-5-6-17-10-9-14(2)15(3)16(17)4;1-5-6-18-10-8-16(12-19-18)11-17-9-7-13(2)14(3)15(17)4;1-5-6-16-8-10-18(19-12-16)11-17-9-7-13(2)14(3)15(17)4;1-11-5-8-16(14(4)13(11)3)9-15-7-6-12(2)17-10-15;1-11-5-8-16(17-10-11)9-15-7-6-12(2)13(3)14(15)4/h8-9,11,17H,5-7,10,12H2,1-4H3;9-11,13H,5-8,12H2,1-4H3;2*7,9-10,16H,5-6,8,11-12H2,1-4H3;5-6,8,15H,7,9-10H2,1-4H3;6-8,11H,5,9-10H2,1-4H3. The normalized spacial score (nSPS) is 19.2. The first kappa shape index (κ1) is 89.8. The number of benzene rings is 6. The summed E-state index contributed by atoms with van der Waals surface area (Å²) >= 11 is 0. The molecule has 6 unspecified atom stereocenters. The van der Waals surface area contributed by atoms with Crippen LogP contribution in [0.15, 0.2) is 144 Å². The molecule has 6 heterocycles. The molecule has 6 aromatic rings. The van der Waals surface area contributed by atoms with E-state index < -0.39 is 0 Å². The Morgan fingerprint density at radius 2 is 0.555 bits per heavy atom. The van der Waals surface area contributed by atoms with Crippen molar-refractivity contribution < 1.29 is 28.4 Å². The molecule has 6 aromatic carbocycles. The molecular weight excluding hydrogens is 1350 g/mol. The van der Waals surface area contributed by atoms with Gasteiger partial charge in [-0.2, -0.15) is 0 Å². The minimum atomic E-state index is 0.638. The monoisotopic (exact) mass is 1490 g/mol. The van der Waals surface area contributed by atoms with Crippen LogP contribution in [0.2, 0.25) is 0 Å². The van der Waals surface area contributed by atoms with E-state index in [0.29, 0.717) is 23.7 Å². The average Bonchev–Trinajstić information content (AvgIpc) is 0.887. The van der Waals surface area contributed by atoms with E-state index in [1.54, 1.807) is 0 Å². The van der Waals surface area contributed by atoms with E-state index in [1.807, 2.05) is 6.92 Å². The molecule has 12 rings (SSSR count). The van der Waals surface area contributed by atoms with E-state index in [0.717, 1.165) is 127 Å². The average molecular weight is 1490 g/mol. The molecule has 600 valence electrons. The zero-order chi connectivity index (χ0) is 80.1. The summed E-state index contributed by atoms with van der Waals surface area (Å²) in [4.78, 5) is 0. The van der Waals surface area contributed by atoms with Crippen molar-refractivity contribution in [3.05, 3.63) is 277 Å². The lowest BCUT2D eigenvalue weighted by molar-refractivity contribution is 0.137. The Balaban J connectivity index is 0.000000184. The maximum absolute atomic E-state index is 5.93. The lowest BCUT2D eigenvalue weighted by Crippen LogP contribution is -2.17. The first-order valence-electron chi connectivity index (χ1n) is 42.7. The molecule has 6 aliphatic heterocycles. The van der Waals surface area contributed by atoms with E-state index in [1.165, 1.54) is 221 Å². The van der Waals surface area contributed by atoms with Crippen molar-refractivity contribution in [3.8, 4) is 0 Å². The number of aryl methyl sites for hydroxylation is 8. The third kappa shape index (κ3) is 28.0. The van der Waals surface area contributed by atoms with Gasteiger partial charge >= 0.3 is 0 Å². The summed E-state index contributed by atoms with van der Waals surface area (Å²) in [5.74, 6) is 11.0. The molecule has 0 fully saturated rings. The van der Waals surface area contributed by atoms with Gasteiger partial charge in [0.25, 0.3) is 0 Å². The zero-order valence-electron chi connectivity index (χ0n) is 73.7. The molecule has 110 heavy (non-hydrogen) atoms. The van der Waals surface area contributed by atoms with Gasteiger partial charge in [-0.25, -0.2) is 0 Å². The predicted molar refractivity (Wildman–Crippen MR) is 470 cm³/mol. The maximum Gasteiger partial charge on any atom is 0.0964 e. The van der Waals surface area contributed by atoms with Crippen LogP contribution in [-0.2, 0) is 66.9 Å². The lowest BCUT2D eigenvalue weighted by Gasteiger charge is -2.24. The number of allylic oxidation sites excluding steroid dienone is 12. The third-order valence-corrected chi connectivity index (χ3v) is 25.4. The summed E-state index contributed by atoms with van der Waals surface area (Å²) < 4.78 is 34.6. The molecular formula is C104H148O6. The van der Waals surface area contributed by atoms with Crippen LogP contribution in [0.3, 0.4) is 0 Å². The predicted octanol–water partition coefficient (Wildman–Crippen LogP) is 27.7. The third-order valence-electron chi connectivity index (χ3n) is 25.4. The number of hydrogen-bond donors (Lipinski definition) is 0. The Morgan fingerprint density at radius 1 is 0.255 bits per heavy atom. The Kier molecular flexibility index (Phi) is 37.0. The molecule has 0 aromatic heterocycles. The highest BCUT2D eigenvalue weighted by Gasteiger charge is 2.22. The van der Waals surface area contributed by atoms with E-state index in [-0.39, 0.29) is 0 Å². The Hall–Kier alpha value is -7.44. The van der Waals surface area contributed by atoms with Gasteiger partial charge in [0, 0.05) is 37.5 Å². The fourth-order valence-corrected chi connectivity index (χ4v) is 15.5. The van der Waals surface area contributed by atoms with E-state index >= 15 is 0 Å². The van der Waals surface area contributed by atoms with Crippen LogP contribution >= 0.6 is 0 Å². The van der Waals surface area contributed by atoms with Gasteiger partial charge in [0.1, 0.15) is 0 Å². The lowest BCUT2D eigenvalue weighted by atomic mass is 9.90. The van der Waals surface area contributed by atoms with Crippen molar-refractivity contribution in [1.29, 1.82) is 0 Å². The second-order valence-electron chi connectivity index (χ2n) is 34.1. The molecule has 0 saturated heterocycles. The van der Waals surface area contributed by atoms with Gasteiger partial charge < -0.3 is 28.4 Å². The van der Waals surface area contributed by atoms with Crippen LogP contribution in [-0.4, -0.2) is 39.6 Å². The molecule has 6 atom stereocenters. The summed E-state index contributed by atoms with van der Waals surface area (Å²) in [7, 11) is 0. The van der Waals surface area contributed by atoms with Gasteiger partial charge in [-0.05, 0) is 428 Å². The van der Waals surface area contributed by atoms with Crippen LogP contribution in [0.4, 0.5) is 0 Å². The van der Waals surface area contributed by atoms with Crippen molar-refractivity contribution in [2.24, 2.45) is 35.5 Å². The largest absolute Gasteiger partial charge is 0.498 e. The van der Waals surface area contributed by atoms with Crippen LogP contribution < -0.4 is 0 Å². The molecule has 6 nitrogen and oxygen atoms in total. The topological polar surface area (TPSA) is 55.4 Å². The minimum Gasteiger partial charge on any atom is -0.498 e. The van der Waals surface area contributed by atoms with Gasteiger partial charge in [0.05, 0.1) is 74.2 Å². The summed E-state index contributed by atoms with van der Waals surface area (Å²) in [5, 5.41) is 0. The fraction of sp³-hybridized carbons (Fsp3) is 0.538. The molecule has 0 spiro atoms. The van der Waals surface area contributed by atoms with Crippen LogP contribution in [0.25, 0.3) is 0 Å². The molecule has 0 N–H and O–H groups in total. The van der Waals surface area contributed by atoms with Gasteiger partial charge in [-0.15, -0.1) is 0 Å². The van der Waals surface area contributed by atoms with Crippen LogP contribution in [0.5, 0.6) is 0 Å². The van der Waals surface area contributed by atoms with E-state index in [9.17, 15) is 0 Å². The molecule has 0 bridgehead atoms. The smallest absolute Gasteiger partial charge is 0.0964 e. The van der Waals surface area contributed by atoms with E-state index in [4.69, 9.17) is 28.4 Å². The Labute approximate surface area is 671 Å². The minimum absolute atomic E-state index is 0.638. The first-order valence-corrected chi connectivity index (χ1v) is 42.7. The second kappa shape index (κ2) is 45.3. The molecule has 6 aliphatic rings. The molecule has 0 amide bonds. The highest BCUT2D eigenvalue weighted by molar-refractivity contribution is 5.44. The highest BCUT2D eigenvalue weighted by Crippen LogP contribution is 2.32. The SMILES string of the molecule is CC1=CCC(CCCc2ccc(C)c(C)c2C)CO1.CC1=CCC(Cc2ccc(C)c(C)c2C)CO1.CCCC1=CCC(Cc2ccc(C)c(C)c2C)CO1.CCCC1CC=C(Cc2ccc(C)c(C)c2C)OC1.Cc1ccc(CC2=CCC(C)CO2)c(C)c1C.Cc1ccc(CCCC2=CCC(C)CO2)c(C)c1C. The summed E-state index contributed by atoms with van der Waals surface area (Å²) in [6.07, 6.45) is 36.8. The highest BCUT2D eigenvalue weighted by atomic mass is 16.5. The van der Waals surface area contributed by atoms with Gasteiger partial charge in [-0.3, -0.25) is 0 Å². The van der Waals surface area contributed by atoms with Gasteiger partial charge in [0.2, 0.25) is 0 Å². The van der Waals surface area contributed by atoms with Crippen molar-refractivity contribution in [2.75, 3.05) is 39.6 Å². The molecule has 0 aliphatic carbocycles. The summed E-state index contributed by atoms with van der Waals surface area (Å²) in [6, 6.07) is 27.1. The molecule has 6 heteroatoms. The summed E-state index contributed by atoms with van der Waals surface area (Å²) in [5.41, 5.74) is 34.4. The maximum atomic E-state index is 5.93. The Morgan fingerprint density at radius 3 is 0.918 bits per heavy atom. The molecule has 0 saturated carbocycles. The first-order chi connectivity index (χ1) is 52.5. The summed E-state index contributed by atoms with van der Waals surface area (Å²) in [6.45, 7) is 58.2. The van der Waals surface area contributed by atoms with Crippen molar-refractivity contribution in [3.63, 3.8) is 0 Å². The second-order valence-corrected chi connectivity index (χ2v) is 34.1. The van der Waals surface area contributed by atoms with Gasteiger partial charge in [0.15, 0.2) is 0 Å². The van der Waals surface area contributed by atoms with Crippen molar-refractivity contribution >= 4 is 0 Å². The zero-order valence-corrected chi connectivity index (χ0v) is 73.7. The van der Waals surface area contributed by atoms with Crippen LogP contribution in [0, 0.1) is 160 Å². The van der Waals surface area contributed by atoms with Gasteiger partial charge in [-0.1, -0.05) is 107 Å².